The van der Waals surface area contributed by atoms with Gasteiger partial charge in [0.15, 0.2) is 11.4 Å². The van der Waals surface area contributed by atoms with Gasteiger partial charge in [0.25, 0.3) is 0 Å². The molecular formula is C50H28N4O. The highest BCUT2D eigenvalue weighted by atomic mass is 16.3. The third kappa shape index (κ3) is 3.81. The van der Waals surface area contributed by atoms with Gasteiger partial charge in [-0.1, -0.05) is 109 Å². The van der Waals surface area contributed by atoms with Crippen LogP contribution in [0, 0.1) is 0 Å². The van der Waals surface area contributed by atoms with Gasteiger partial charge in [-0.05, 0) is 71.4 Å². The summed E-state index contributed by atoms with van der Waals surface area (Å²) in [4.78, 5) is 10.3. The van der Waals surface area contributed by atoms with Gasteiger partial charge in [-0.15, -0.1) is 0 Å². The summed E-state index contributed by atoms with van der Waals surface area (Å²) in [6, 6.07) is 60.5. The molecule has 0 N–H and O–H groups in total. The molecule has 254 valence electrons. The summed E-state index contributed by atoms with van der Waals surface area (Å²) < 4.78 is 11.3. The lowest BCUT2D eigenvalue weighted by Crippen LogP contribution is -1.96. The van der Waals surface area contributed by atoms with E-state index in [0.29, 0.717) is 11.4 Å². The van der Waals surface area contributed by atoms with Gasteiger partial charge >= 0.3 is 0 Å². The Morgan fingerprint density at radius 1 is 0.436 bits per heavy atom. The van der Waals surface area contributed by atoms with Crippen LogP contribution in [0.4, 0.5) is 0 Å². The summed E-state index contributed by atoms with van der Waals surface area (Å²) in [5.74, 6) is 0.665. The van der Waals surface area contributed by atoms with Crippen molar-refractivity contribution in [3.8, 4) is 28.3 Å². The molecule has 0 atom stereocenters. The van der Waals surface area contributed by atoms with E-state index >= 15 is 0 Å². The van der Waals surface area contributed by atoms with Crippen molar-refractivity contribution in [1.29, 1.82) is 0 Å². The lowest BCUT2D eigenvalue weighted by molar-refractivity contribution is 0.667. The molecule has 0 bridgehead atoms. The van der Waals surface area contributed by atoms with Crippen LogP contribution in [-0.2, 0) is 0 Å². The van der Waals surface area contributed by atoms with Crippen LogP contribution in [0.3, 0.4) is 0 Å². The molecule has 0 saturated heterocycles. The van der Waals surface area contributed by atoms with E-state index in [4.69, 9.17) is 14.4 Å². The first-order valence-electron chi connectivity index (χ1n) is 18.7. The van der Waals surface area contributed by atoms with E-state index in [1.165, 1.54) is 70.7 Å². The van der Waals surface area contributed by atoms with E-state index in [1.807, 2.05) is 36.4 Å². The van der Waals surface area contributed by atoms with Crippen LogP contribution in [0.1, 0.15) is 0 Å². The molecule has 13 aromatic rings. The van der Waals surface area contributed by atoms with Crippen LogP contribution >= 0.6 is 0 Å². The third-order valence-electron chi connectivity index (χ3n) is 11.6. The molecule has 0 radical (unpaired) electrons. The van der Waals surface area contributed by atoms with Gasteiger partial charge < -0.3 is 13.4 Å². The van der Waals surface area contributed by atoms with Gasteiger partial charge in [-0.3, -0.25) is 0 Å². The fourth-order valence-corrected chi connectivity index (χ4v) is 9.33. The second kappa shape index (κ2) is 10.6. The highest BCUT2D eigenvalue weighted by Gasteiger charge is 2.25. The van der Waals surface area contributed by atoms with Gasteiger partial charge in [-0.25, -0.2) is 9.97 Å². The fraction of sp³-hybridized carbons (Fsp3) is 0. The van der Waals surface area contributed by atoms with Crippen LogP contribution in [0.25, 0.3) is 121 Å². The van der Waals surface area contributed by atoms with Crippen LogP contribution in [0.15, 0.2) is 174 Å². The number of benzene rings is 8. The zero-order valence-corrected chi connectivity index (χ0v) is 29.4. The van der Waals surface area contributed by atoms with E-state index < -0.39 is 0 Å². The summed E-state index contributed by atoms with van der Waals surface area (Å²) in [7, 11) is 0. The maximum absolute atomic E-state index is 6.37. The number of fused-ring (bicyclic) bond motifs is 15. The molecule has 5 heteroatoms. The number of nitrogens with zero attached hydrogens (tertiary/aromatic N) is 4. The van der Waals surface area contributed by atoms with Gasteiger partial charge in [0.05, 0.1) is 27.6 Å². The molecule has 0 unspecified atom stereocenters. The number of para-hydroxylation sites is 3. The minimum Gasteiger partial charge on any atom is -0.452 e. The lowest BCUT2D eigenvalue weighted by atomic mass is 9.99. The maximum Gasteiger partial charge on any atom is 0.180 e. The zero-order valence-electron chi connectivity index (χ0n) is 29.4. The first-order valence-corrected chi connectivity index (χ1v) is 18.7. The minimum absolute atomic E-state index is 0.665. The molecule has 0 saturated carbocycles. The Balaban J connectivity index is 1.09. The molecule has 5 heterocycles. The topological polar surface area (TPSA) is 48.3 Å². The van der Waals surface area contributed by atoms with Crippen molar-refractivity contribution >= 4 is 92.7 Å². The summed E-state index contributed by atoms with van der Waals surface area (Å²) in [6.45, 7) is 0. The second-order valence-electron chi connectivity index (χ2n) is 14.5. The van der Waals surface area contributed by atoms with Crippen molar-refractivity contribution in [2.75, 3.05) is 0 Å². The first-order chi connectivity index (χ1) is 27.3. The number of furan rings is 1. The highest BCUT2D eigenvalue weighted by molar-refractivity contribution is 6.37. The Kier molecular flexibility index (Phi) is 5.57. The number of hydrogen-bond donors (Lipinski definition) is 0. The molecule has 0 fully saturated rings. The summed E-state index contributed by atoms with van der Waals surface area (Å²) in [5.41, 5.74) is 12.3. The minimum atomic E-state index is 0.665. The smallest absolute Gasteiger partial charge is 0.180 e. The van der Waals surface area contributed by atoms with Crippen LogP contribution in [0.2, 0.25) is 0 Å². The van der Waals surface area contributed by atoms with Crippen molar-refractivity contribution in [1.82, 2.24) is 18.9 Å². The van der Waals surface area contributed by atoms with Gasteiger partial charge in [0, 0.05) is 54.5 Å². The predicted octanol–water partition coefficient (Wildman–Crippen LogP) is 13.1. The number of aromatic nitrogens is 4. The Morgan fingerprint density at radius 2 is 1.13 bits per heavy atom. The number of rotatable bonds is 3. The Hall–Kier alpha value is -7.50. The first kappa shape index (κ1) is 29.0. The van der Waals surface area contributed by atoms with Gasteiger partial charge in [0.1, 0.15) is 16.8 Å². The second-order valence-corrected chi connectivity index (χ2v) is 14.5. The summed E-state index contributed by atoms with van der Waals surface area (Å²) in [5, 5.41) is 11.2. The van der Waals surface area contributed by atoms with E-state index in [2.05, 4.69) is 142 Å². The van der Waals surface area contributed by atoms with E-state index in [1.54, 1.807) is 0 Å². The molecule has 0 aliphatic carbocycles. The van der Waals surface area contributed by atoms with Crippen LogP contribution in [-0.4, -0.2) is 18.9 Å². The van der Waals surface area contributed by atoms with Gasteiger partial charge in [-0.2, -0.15) is 0 Å². The predicted molar refractivity (Wildman–Crippen MR) is 227 cm³/mol. The average molecular weight is 701 g/mol. The standard InChI is InChI=1S/C50H28N4O/c1-2-13-30(14-3-1)46-49-47(36-18-8-11-21-42(36)55-49)52-50(51-46)31-22-25-32(26-23-31)53-38-19-9-6-16-34(38)44-41(53)28-37-43-33-15-5-4-12-29(33)24-27-40(43)54-39-20-10-7-17-35(39)45(44)48(37)54/h1-28H. The number of hydrogen-bond acceptors (Lipinski definition) is 3. The van der Waals surface area contributed by atoms with E-state index in [0.717, 1.165) is 39.0 Å². The molecule has 5 aromatic heterocycles. The molecule has 0 aliphatic heterocycles. The van der Waals surface area contributed by atoms with E-state index in [-0.39, 0.29) is 0 Å². The van der Waals surface area contributed by atoms with Crippen LogP contribution < -0.4 is 0 Å². The lowest BCUT2D eigenvalue weighted by Gasteiger charge is -2.10. The largest absolute Gasteiger partial charge is 0.452 e. The average Bonchev–Trinajstić information content (AvgIpc) is 3.99. The van der Waals surface area contributed by atoms with Gasteiger partial charge in [0.2, 0.25) is 0 Å². The Morgan fingerprint density at radius 3 is 1.96 bits per heavy atom. The van der Waals surface area contributed by atoms with Crippen molar-refractivity contribution in [2.45, 2.75) is 0 Å². The maximum atomic E-state index is 6.37. The van der Waals surface area contributed by atoms with E-state index in [9.17, 15) is 0 Å². The Bertz CT molecular complexity index is 3700. The fourth-order valence-electron chi connectivity index (χ4n) is 9.33. The summed E-state index contributed by atoms with van der Waals surface area (Å²) >= 11 is 0. The quantitative estimate of drug-likeness (QED) is 0.184. The zero-order chi connectivity index (χ0) is 35.8. The highest BCUT2D eigenvalue weighted by Crippen LogP contribution is 2.48. The molecule has 8 aromatic carbocycles. The molecule has 0 aliphatic rings. The monoisotopic (exact) mass is 700 g/mol. The van der Waals surface area contributed by atoms with Crippen molar-refractivity contribution in [2.24, 2.45) is 0 Å². The molecule has 5 nitrogen and oxygen atoms in total. The van der Waals surface area contributed by atoms with Crippen LogP contribution in [0.5, 0.6) is 0 Å². The molecular weight excluding hydrogens is 673 g/mol. The Labute approximate surface area is 313 Å². The SMILES string of the molecule is c1ccc(-c2nc(-c3ccc(-n4c5ccccc5c5c6c7ccccc7n7c8ccc9ccccc9c8c(cc54)c67)cc3)nc3c2oc2ccccc23)cc1. The molecule has 0 amide bonds. The normalized spacial score (nSPS) is 12.4. The molecule has 13 rings (SSSR count). The van der Waals surface area contributed by atoms with Crippen molar-refractivity contribution in [3.63, 3.8) is 0 Å². The molecule has 55 heavy (non-hydrogen) atoms. The van der Waals surface area contributed by atoms with Crippen molar-refractivity contribution < 1.29 is 4.42 Å². The summed E-state index contributed by atoms with van der Waals surface area (Å²) in [6.07, 6.45) is 0. The third-order valence-corrected chi connectivity index (χ3v) is 11.6. The van der Waals surface area contributed by atoms with Crippen molar-refractivity contribution in [3.05, 3.63) is 170 Å². The molecule has 0 spiro atoms.